The monoisotopic (exact) mass is 473 g/mol. The van der Waals surface area contributed by atoms with Crippen molar-refractivity contribution in [1.82, 2.24) is 19.6 Å². The number of benzene rings is 1. The Hall–Kier alpha value is -2.68. The molecule has 4 amide bonds. The van der Waals surface area contributed by atoms with Gasteiger partial charge in [0, 0.05) is 17.6 Å². The van der Waals surface area contributed by atoms with Crippen LogP contribution in [0.4, 0.5) is 10.6 Å². The number of hydrogen-bond acceptors (Lipinski definition) is 4. The largest absolute Gasteiger partial charge is 0.327 e. The lowest BCUT2D eigenvalue weighted by Crippen LogP contribution is -2.49. The van der Waals surface area contributed by atoms with E-state index in [1.54, 1.807) is 24.0 Å². The Morgan fingerprint density at radius 3 is 2.63 bits per heavy atom. The second-order valence-corrected chi connectivity index (χ2v) is 8.69. The van der Waals surface area contributed by atoms with E-state index in [9.17, 15) is 14.4 Å². The third kappa shape index (κ3) is 3.62. The standard InChI is InChI=1S/C21H24BrN5O3/c1-25-20(30)26(19(29)21(25)10-5-2-6-11-21)14-18(28)24-17-9-12-23-27(17)13-15-7-3-4-8-16(15)22/h3-4,7-9,12H,2,5-6,10-11,13-14H2,1H3,(H,24,28). The molecule has 4 rings (SSSR count). The normalized spacial score (nSPS) is 18.3. The molecule has 9 heteroatoms. The topological polar surface area (TPSA) is 87.5 Å². The molecule has 1 aliphatic carbocycles. The van der Waals surface area contributed by atoms with Gasteiger partial charge in [-0.25, -0.2) is 9.48 Å². The molecule has 8 nitrogen and oxygen atoms in total. The van der Waals surface area contributed by atoms with E-state index in [0.29, 0.717) is 25.2 Å². The zero-order valence-electron chi connectivity index (χ0n) is 16.8. The molecule has 2 fully saturated rings. The van der Waals surface area contributed by atoms with E-state index in [4.69, 9.17) is 0 Å². The van der Waals surface area contributed by atoms with Crippen molar-refractivity contribution in [2.24, 2.45) is 0 Å². The summed E-state index contributed by atoms with van der Waals surface area (Å²) in [5, 5.41) is 7.06. The first-order valence-corrected chi connectivity index (χ1v) is 10.9. The Morgan fingerprint density at radius 2 is 1.90 bits per heavy atom. The molecular formula is C21H24BrN5O3. The predicted octanol–water partition coefficient (Wildman–Crippen LogP) is 3.23. The molecule has 1 aliphatic heterocycles. The number of carbonyl (C=O) groups is 3. The van der Waals surface area contributed by atoms with Gasteiger partial charge in [-0.05, 0) is 24.5 Å². The lowest BCUT2D eigenvalue weighted by molar-refractivity contribution is -0.136. The molecule has 1 aromatic heterocycles. The highest BCUT2D eigenvalue weighted by atomic mass is 79.9. The van der Waals surface area contributed by atoms with Crippen LogP contribution in [0.1, 0.15) is 37.7 Å². The average Bonchev–Trinajstić information content (AvgIpc) is 3.24. The number of anilines is 1. The molecule has 0 radical (unpaired) electrons. The van der Waals surface area contributed by atoms with Crippen molar-refractivity contribution >= 4 is 39.6 Å². The van der Waals surface area contributed by atoms with Crippen molar-refractivity contribution in [2.45, 2.75) is 44.2 Å². The van der Waals surface area contributed by atoms with Gasteiger partial charge < -0.3 is 10.2 Å². The van der Waals surface area contributed by atoms with Crippen LogP contribution in [0, 0.1) is 0 Å². The van der Waals surface area contributed by atoms with Gasteiger partial charge in [-0.15, -0.1) is 0 Å². The van der Waals surface area contributed by atoms with Crippen LogP contribution in [0.15, 0.2) is 41.0 Å². The maximum Gasteiger partial charge on any atom is 0.327 e. The molecule has 2 aromatic rings. The molecule has 1 spiro atoms. The van der Waals surface area contributed by atoms with Gasteiger partial charge in [0.2, 0.25) is 5.91 Å². The number of likely N-dealkylation sites (N-methyl/N-ethyl adjacent to an activating group) is 1. The van der Waals surface area contributed by atoms with Crippen molar-refractivity contribution in [1.29, 1.82) is 0 Å². The molecule has 0 unspecified atom stereocenters. The second kappa shape index (κ2) is 8.22. The number of rotatable bonds is 5. The minimum absolute atomic E-state index is 0.258. The number of amides is 4. The summed E-state index contributed by atoms with van der Waals surface area (Å²) in [7, 11) is 1.66. The Balaban J connectivity index is 1.45. The molecule has 1 saturated heterocycles. The Morgan fingerprint density at radius 1 is 1.17 bits per heavy atom. The molecule has 1 N–H and O–H groups in total. The van der Waals surface area contributed by atoms with Crippen LogP contribution in [0.25, 0.3) is 0 Å². The Labute approximate surface area is 183 Å². The fourth-order valence-corrected chi connectivity index (χ4v) is 4.76. The molecule has 1 aromatic carbocycles. The summed E-state index contributed by atoms with van der Waals surface area (Å²) in [4.78, 5) is 41.0. The summed E-state index contributed by atoms with van der Waals surface area (Å²) in [5.41, 5.74) is 0.235. The molecule has 0 bridgehead atoms. The van der Waals surface area contributed by atoms with E-state index in [1.807, 2.05) is 24.3 Å². The van der Waals surface area contributed by atoms with Gasteiger partial charge in [-0.1, -0.05) is 53.4 Å². The highest BCUT2D eigenvalue weighted by Crippen LogP contribution is 2.39. The maximum atomic E-state index is 13.0. The van der Waals surface area contributed by atoms with E-state index in [0.717, 1.165) is 34.2 Å². The first-order valence-electron chi connectivity index (χ1n) is 10.1. The molecule has 2 heterocycles. The van der Waals surface area contributed by atoms with E-state index < -0.39 is 17.5 Å². The maximum absolute atomic E-state index is 13.0. The number of urea groups is 1. The van der Waals surface area contributed by atoms with Crippen LogP contribution in [0.5, 0.6) is 0 Å². The smallest absolute Gasteiger partial charge is 0.313 e. The number of aromatic nitrogens is 2. The fraction of sp³-hybridized carbons (Fsp3) is 0.429. The molecule has 158 valence electrons. The number of nitrogens with zero attached hydrogens (tertiary/aromatic N) is 4. The van der Waals surface area contributed by atoms with Gasteiger partial charge in [0.25, 0.3) is 5.91 Å². The lowest BCUT2D eigenvalue weighted by Gasteiger charge is -2.35. The van der Waals surface area contributed by atoms with Gasteiger partial charge >= 0.3 is 6.03 Å². The number of carbonyl (C=O) groups excluding carboxylic acids is 3. The van der Waals surface area contributed by atoms with Gasteiger partial charge in [-0.3, -0.25) is 14.5 Å². The van der Waals surface area contributed by atoms with Crippen LogP contribution in [0.2, 0.25) is 0 Å². The minimum atomic E-state index is -0.781. The fourth-order valence-electron chi connectivity index (χ4n) is 4.35. The van der Waals surface area contributed by atoms with Crippen LogP contribution in [0.3, 0.4) is 0 Å². The molecule has 30 heavy (non-hydrogen) atoms. The van der Waals surface area contributed by atoms with Crippen molar-refractivity contribution in [3.63, 3.8) is 0 Å². The zero-order chi connectivity index (χ0) is 21.3. The van der Waals surface area contributed by atoms with Crippen LogP contribution < -0.4 is 5.32 Å². The molecule has 2 aliphatic rings. The Kier molecular flexibility index (Phi) is 5.64. The van der Waals surface area contributed by atoms with E-state index in [1.165, 1.54) is 4.90 Å². The summed E-state index contributed by atoms with van der Waals surface area (Å²) < 4.78 is 2.62. The predicted molar refractivity (Wildman–Crippen MR) is 115 cm³/mol. The minimum Gasteiger partial charge on any atom is -0.313 e. The molecule has 1 saturated carbocycles. The van der Waals surface area contributed by atoms with Gasteiger partial charge in [0.05, 0.1) is 12.7 Å². The SMILES string of the molecule is CN1C(=O)N(CC(=O)Nc2ccnn2Cc2ccccc2Br)C(=O)C12CCCCC2. The quantitative estimate of drug-likeness (QED) is 0.675. The van der Waals surface area contributed by atoms with Crippen molar-refractivity contribution in [3.05, 3.63) is 46.6 Å². The van der Waals surface area contributed by atoms with Crippen LogP contribution >= 0.6 is 15.9 Å². The summed E-state index contributed by atoms with van der Waals surface area (Å²) in [5.74, 6) is -0.172. The number of imide groups is 1. The number of halogens is 1. The van der Waals surface area contributed by atoms with Gasteiger partial charge in [-0.2, -0.15) is 5.10 Å². The van der Waals surface area contributed by atoms with Crippen LogP contribution in [-0.4, -0.2) is 56.6 Å². The third-order valence-corrected chi connectivity index (χ3v) is 6.82. The first kappa shape index (κ1) is 20.6. The van der Waals surface area contributed by atoms with E-state index in [2.05, 4.69) is 26.3 Å². The summed E-state index contributed by atoms with van der Waals surface area (Å²) in [6.45, 7) is 0.168. The van der Waals surface area contributed by atoms with Crippen LogP contribution in [-0.2, 0) is 16.1 Å². The number of nitrogens with one attached hydrogen (secondary N) is 1. The third-order valence-electron chi connectivity index (χ3n) is 6.05. The highest BCUT2D eigenvalue weighted by molar-refractivity contribution is 9.10. The first-order chi connectivity index (χ1) is 14.4. The van der Waals surface area contributed by atoms with Crippen molar-refractivity contribution < 1.29 is 14.4 Å². The summed E-state index contributed by atoms with van der Waals surface area (Å²) in [6.07, 6.45) is 5.81. The Bertz CT molecular complexity index is 983. The van der Waals surface area contributed by atoms with Crippen molar-refractivity contribution in [2.75, 3.05) is 18.9 Å². The second-order valence-electron chi connectivity index (χ2n) is 7.84. The highest BCUT2D eigenvalue weighted by Gasteiger charge is 2.55. The van der Waals surface area contributed by atoms with Gasteiger partial charge in [0.15, 0.2) is 0 Å². The average molecular weight is 474 g/mol. The zero-order valence-corrected chi connectivity index (χ0v) is 18.4. The number of hydrogen-bond donors (Lipinski definition) is 1. The van der Waals surface area contributed by atoms with E-state index >= 15 is 0 Å². The summed E-state index contributed by atoms with van der Waals surface area (Å²) in [6, 6.07) is 9.07. The van der Waals surface area contributed by atoms with E-state index in [-0.39, 0.29) is 12.5 Å². The van der Waals surface area contributed by atoms with Crippen molar-refractivity contribution in [3.8, 4) is 0 Å². The molecule has 0 atom stereocenters. The van der Waals surface area contributed by atoms with Gasteiger partial charge in [0.1, 0.15) is 17.9 Å². The lowest BCUT2D eigenvalue weighted by atomic mass is 9.81. The molecular weight excluding hydrogens is 450 g/mol. The summed E-state index contributed by atoms with van der Waals surface area (Å²) >= 11 is 3.51.